The van der Waals surface area contributed by atoms with Crippen LogP contribution in [0, 0.1) is 6.92 Å². The highest BCUT2D eigenvalue weighted by atomic mass is 16.4. The molecule has 2 heterocycles. The second kappa shape index (κ2) is 5.64. The monoisotopic (exact) mass is 281 g/mol. The first-order chi connectivity index (χ1) is 9.47. The number of hydrogen-bond acceptors (Lipinski definition) is 4. The number of carboxylic acid groups (broad SMARTS) is 1. The van der Waals surface area contributed by atoms with Crippen molar-refractivity contribution in [2.24, 2.45) is 0 Å². The third-order valence-corrected chi connectivity index (χ3v) is 2.94. The van der Waals surface area contributed by atoms with Gasteiger partial charge in [-0.2, -0.15) is 0 Å². The third kappa shape index (κ3) is 3.08. The number of rotatable bonds is 3. The molecule has 2 rings (SSSR count). The van der Waals surface area contributed by atoms with Crippen molar-refractivity contribution in [1.82, 2.24) is 15.5 Å². The van der Waals surface area contributed by atoms with E-state index in [4.69, 9.17) is 9.52 Å². The summed E-state index contributed by atoms with van der Waals surface area (Å²) in [5.74, 6) is -0.264. The van der Waals surface area contributed by atoms with Crippen LogP contribution in [-0.4, -0.2) is 47.0 Å². The van der Waals surface area contributed by atoms with Crippen molar-refractivity contribution in [2.75, 3.05) is 13.1 Å². The lowest BCUT2D eigenvalue weighted by Crippen LogP contribution is -2.61. The third-order valence-electron chi connectivity index (χ3n) is 2.94. The number of aliphatic carboxylic acids is 1. The van der Waals surface area contributed by atoms with Crippen molar-refractivity contribution < 1.29 is 23.9 Å². The highest BCUT2D eigenvalue weighted by Gasteiger charge is 2.35. The van der Waals surface area contributed by atoms with Crippen LogP contribution in [0.15, 0.2) is 16.5 Å². The molecule has 1 unspecified atom stereocenters. The van der Waals surface area contributed by atoms with E-state index in [2.05, 4.69) is 10.6 Å². The van der Waals surface area contributed by atoms with Gasteiger partial charge in [-0.3, -0.25) is 9.69 Å². The molecule has 0 aliphatic carbocycles. The lowest BCUT2D eigenvalue weighted by molar-refractivity contribution is -0.144. The van der Waals surface area contributed by atoms with Crippen molar-refractivity contribution >= 4 is 17.9 Å². The number of carbonyl (C=O) groups excluding carboxylic acids is 2. The minimum absolute atomic E-state index is 0.0958. The SMILES string of the molecule is Cc1ccc(CNC(=O)N2CC(=O)NCC2C(=O)O)o1. The second-order valence-electron chi connectivity index (χ2n) is 4.46. The Morgan fingerprint density at radius 3 is 2.90 bits per heavy atom. The molecule has 1 atom stereocenters. The number of piperazine rings is 1. The lowest BCUT2D eigenvalue weighted by Gasteiger charge is -2.32. The van der Waals surface area contributed by atoms with Crippen LogP contribution >= 0.6 is 0 Å². The number of furan rings is 1. The van der Waals surface area contributed by atoms with Gasteiger partial charge in [0, 0.05) is 6.54 Å². The Hall–Kier alpha value is -2.51. The smallest absolute Gasteiger partial charge is 0.328 e. The van der Waals surface area contributed by atoms with Gasteiger partial charge < -0.3 is 20.2 Å². The summed E-state index contributed by atoms with van der Waals surface area (Å²) in [6.07, 6.45) is 0. The first-order valence-electron chi connectivity index (χ1n) is 6.06. The fourth-order valence-electron chi connectivity index (χ4n) is 1.92. The van der Waals surface area contributed by atoms with E-state index in [1.807, 2.05) is 0 Å². The van der Waals surface area contributed by atoms with Crippen molar-refractivity contribution in [2.45, 2.75) is 19.5 Å². The van der Waals surface area contributed by atoms with E-state index >= 15 is 0 Å². The van der Waals surface area contributed by atoms with E-state index in [-0.39, 0.29) is 25.5 Å². The first-order valence-corrected chi connectivity index (χ1v) is 6.06. The van der Waals surface area contributed by atoms with Gasteiger partial charge in [0.2, 0.25) is 5.91 Å². The van der Waals surface area contributed by atoms with E-state index in [1.165, 1.54) is 0 Å². The molecule has 0 spiro atoms. The van der Waals surface area contributed by atoms with Crippen molar-refractivity contribution in [3.63, 3.8) is 0 Å². The molecule has 8 nitrogen and oxygen atoms in total. The summed E-state index contributed by atoms with van der Waals surface area (Å²) in [6, 6.07) is 1.80. The van der Waals surface area contributed by atoms with Gasteiger partial charge in [-0.15, -0.1) is 0 Å². The van der Waals surface area contributed by atoms with Gasteiger partial charge in [0.1, 0.15) is 24.1 Å². The maximum atomic E-state index is 12.0. The van der Waals surface area contributed by atoms with Gasteiger partial charge in [0.25, 0.3) is 0 Å². The molecule has 1 aromatic heterocycles. The molecular weight excluding hydrogens is 266 g/mol. The number of aryl methyl sites for hydroxylation is 1. The molecule has 1 saturated heterocycles. The predicted octanol–water partition coefficient (Wildman–Crippen LogP) is -0.317. The number of nitrogens with one attached hydrogen (secondary N) is 2. The largest absolute Gasteiger partial charge is 0.480 e. The fourth-order valence-corrected chi connectivity index (χ4v) is 1.92. The summed E-state index contributed by atoms with van der Waals surface area (Å²) >= 11 is 0. The molecule has 0 saturated carbocycles. The average molecular weight is 281 g/mol. The van der Waals surface area contributed by atoms with E-state index in [0.29, 0.717) is 5.76 Å². The standard InChI is InChI=1S/C12H15N3O5/c1-7-2-3-8(20-7)4-14-12(19)15-6-10(16)13-5-9(15)11(17)18/h2-3,9H,4-6H2,1H3,(H,13,16)(H,14,19)(H,17,18). The zero-order valence-corrected chi connectivity index (χ0v) is 10.9. The molecule has 0 radical (unpaired) electrons. The summed E-state index contributed by atoms with van der Waals surface area (Å²) in [4.78, 5) is 35.3. The Morgan fingerprint density at radius 2 is 2.30 bits per heavy atom. The van der Waals surface area contributed by atoms with E-state index in [9.17, 15) is 14.4 Å². The maximum Gasteiger partial charge on any atom is 0.328 e. The number of amides is 3. The Balaban J connectivity index is 1.98. The quantitative estimate of drug-likeness (QED) is 0.703. The van der Waals surface area contributed by atoms with E-state index in [1.54, 1.807) is 19.1 Å². The lowest BCUT2D eigenvalue weighted by atomic mass is 10.2. The first kappa shape index (κ1) is 13.9. The van der Waals surface area contributed by atoms with Crippen LogP contribution in [0.4, 0.5) is 4.79 Å². The zero-order chi connectivity index (χ0) is 14.7. The van der Waals surface area contributed by atoms with Gasteiger partial charge in [-0.25, -0.2) is 9.59 Å². The molecule has 20 heavy (non-hydrogen) atoms. The molecule has 1 aliphatic rings. The van der Waals surface area contributed by atoms with Crippen LogP contribution in [0.25, 0.3) is 0 Å². The molecule has 1 aliphatic heterocycles. The number of carbonyl (C=O) groups is 3. The van der Waals surface area contributed by atoms with Crippen LogP contribution in [0.2, 0.25) is 0 Å². The summed E-state index contributed by atoms with van der Waals surface area (Å²) in [6.45, 7) is 1.54. The van der Waals surface area contributed by atoms with Crippen LogP contribution in [0.5, 0.6) is 0 Å². The Morgan fingerprint density at radius 1 is 1.55 bits per heavy atom. The molecule has 0 bridgehead atoms. The van der Waals surface area contributed by atoms with E-state index in [0.717, 1.165) is 10.7 Å². The van der Waals surface area contributed by atoms with Crippen LogP contribution < -0.4 is 10.6 Å². The van der Waals surface area contributed by atoms with Crippen LogP contribution in [0.1, 0.15) is 11.5 Å². The summed E-state index contributed by atoms with van der Waals surface area (Å²) < 4.78 is 5.29. The maximum absolute atomic E-state index is 12.0. The number of urea groups is 1. The van der Waals surface area contributed by atoms with Crippen LogP contribution in [-0.2, 0) is 16.1 Å². The van der Waals surface area contributed by atoms with Gasteiger partial charge >= 0.3 is 12.0 Å². The van der Waals surface area contributed by atoms with Gasteiger partial charge in [-0.1, -0.05) is 0 Å². The summed E-state index contributed by atoms with van der Waals surface area (Å²) in [7, 11) is 0. The molecule has 1 fully saturated rings. The molecule has 1 aromatic rings. The van der Waals surface area contributed by atoms with Crippen molar-refractivity contribution in [1.29, 1.82) is 0 Å². The number of nitrogens with zero attached hydrogens (tertiary/aromatic N) is 1. The highest BCUT2D eigenvalue weighted by molar-refractivity contribution is 5.90. The minimum atomic E-state index is -1.16. The molecule has 0 aromatic carbocycles. The van der Waals surface area contributed by atoms with Gasteiger partial charge in [-0.05, 0) is 19.1 Å². The minimum Gasteiger partial charge on any atom is -0.480 e. The number of hydrogen-bond donors (Lipinski definition) is 3. The van der Waals surface area contributed by atoms with Gasteiger partial charge in [0.05, 0.1) is 6.54 Å². The summed E-state index contributed by atoms with van der Waals surface area (Å²) in [5.41, 5.74) is 0. The molecule has 3 amide bonds. The molecule has 3 N–H and O–H groups in total. The molecule has 108 valence electrons. The molecular formula is C12H15N3O5. The number of carboxylic acids is 1. The Labute approximate surface area is 114 Å². The molecule has 8 heteroatoms. The second-order valence-corrected chi connectivity index (χ2v) is 4.46. The average Bonchev–Trinajstić information content (AvgIpc) is 2.81. The normalized spacial score (nSPS) is 18.6. The van der Waals surface area contributed by atoms with Gasteiger partial charge in [0.15, 0.2) is 0 Å². The highest BCUT2D eigenvalue weighted by Crippen LogP contribution is 2.08. The topological polar surface area (TPSA) is 112 Å². The zero-order valence-electron chi connectivity index (χ0n) is 10.9. The van der Waals surface area contributed by atoms with Crippen LogP contribution in [0.3, 0.4) is 0 Å². The predicted molar refractivity (Wildman–Crippen MR) is 66.8 cm³/mol. The summed E-state index contributed by atoms with van der Waals surface area (Å²) in [5, 5.41) is 14.0. The fraction of sp³-hybridized carbons (Fsp3) is 0.417. The van der Waals surface area contributed by atoms with E-state index < -0.39 is 18.0 Å². The Bertz CT molecular complexity index is 539. The van der Waals surface area contributed by atoms with Crippen molar-refractivity contribution in [3.05, 3.63) is 23.7 Å². The Kier molecular flexibility index (Phi) is 3.92. The van der Waals surface area contributed by atoms with Crippen molar-refractivity contribution in [3.8, 4) is 0 Å².